The van der Waals surface area contributed by atoms with Crippen LogP contribution in [-0.4, -0.2) is 21.7 Å². The molecule has 0 spiro atoms. The molecule has 0 heterocycles. The number of nitrogens with zero attached hydrogens (tertiary/aromatic N) is 1. The van der Waals surface area contributed by atoms with Crippen LogP contribution in [-0.2, 0) is 12.1 Å². The van der Waals surface area contributed by atoms with Crippen LogP contribution < -0.4 is 5.32 Å². The number of hydrogen-bond donors (Lipinski definition) is 3. The summed E-state index contributed by atoms with van der Waals surface area (Å²) in [6.45, 7) is 2.22. The van der Waals surface area contributed by atoms with Crippen molar-refractivity contribution in [3.63, 3.8) is 0 Å². The van der Waals surface area contributed by atoms with Crippen LogP contribution in [0.2, 0.25) is 0 Å². The van der Waals surface area contributed by atoms with E-state index in [1.54, 1.807) is 6.07 Å². The van der Waals surface area contributed by atoms with Crippen LogP contribution in [0.15, 0.2) is 48.5 Å². The van der Waals surface area contributed by atoms with E-state index in [0.717, 1.165) is 5.56 Å². The highest BCUT2D eigenvalue weighted by Crippen LogP contribution is 2.28. The van der Waals surface area contributed by atoms with E-state index in [-0.39, 0.29) is 18.0 Å². The molecule has 0 aliphatic carbocycles. The van der Waals surface area contributed by atoms with Gasteiger partial charge in [-0.1, -0.05) is 43.3 Å². The van der Waals surface area contributed by atoms with Gasteiger partial charge >= 0.3 is 5.69 Å². The van der Waals surface area contributed by atoms with E-state index in [2.05, 4.69) is 5.32 Å². The minimum Gasteiger partial charge on any atom is -0.502 e. The second kappa shape index (κ2) is 7.21. The summed E-state index contributed by atoms with van der Waals surface area (Å²) in [5, 5.41) is 33.6. The Morgan fingerprint density at radius 1 is 1.22 bits per heavy atom. The molecule has 0 aromatic heterocycles. The lowest BCUT2D eigenvalue weighted by atomic mass is 9.87. The molecule has 0 saturated carbocycles. The second-order valence-corrected chi connectivity index (χ2v) is 5.39. The normalized spacial score (nSPS) is 13.5. The van der Waals surface area contributed by atoms with Crippen LogP contribution in [0.5, 0.6) is 5.75 Å². The van der Waals surface area contributed by atoms with E-state index >= 15 is 0 Å². The Bertz CT molecular complexity index is 670. The average Bonchev–Trinajstić information content (AvgIpc) is 2.58. The van der Waals surface area contributed by atoms with Gasteiger partial charge < -0.3 is 15.5 Å². The van der Waals surface area contributed by atoms with Crippen LogP contribution in [0.3, 0.4) is 0 Å². The van der Waals surface area contributed by atoms with Gasteiger partial charge in [0.1, 0.15) is 0 Å². The lowest BCUT2D eigenvalue weighted by molar-refractivity contribution is -0.385. The lowest BCUT2D eigenvalue weighted by Crippen LogP contribution is -2.44. The predicted molar refractivity (Wildman–Crippen MR) is 87.1 cm³/mol. The highest BCUT2D eigenvalue weighted by Gasteiger charge is 2.29. The van der Waals surface area contributed by atoms with Crippen LogP contribution in [0.4, 0.5) is 5.69 Å². The van der Waals surface area contributed by atoms with Crippen molar-refractivity contribution in [1.82, 2.24) is 5.32 Å². The van der Waals surface area contributed by atoms with Gasteiger partial charge in [-0.05, 0) is 23.6 Å². The monoisotopic (exact) mass is 316 g/mol. The van der Waals surface area contributed by atoms with Crippen LogP contribution in [0, 0.1) is 10.1 Å². The molecule has 0 unspecified atom stereocenters. The number of nitrogens with one attached hydrogen (secondary N) is 1. The van der Waals surface area contributed by atoms with E-state index < -0.39 is 10.5 Å². The van der Waals surface area contributed by atoms with Gasteiger partial charge in [-0.2, -0.15) is 0 Å². The van der Waals surface area contributed by atoms with Gasteiger partial charge in [0.05, 0.1) is 17.1 Å². The summed E-state index contributed by atoms with van der Waals surface area (Å²) in [4.78, 5) is 10.3. The van der Waals surface area contributed by atoms with Crippen molar-refractivity contribution in [2.24, 2.45) is 0 Å². The van der Waals surface area contributed by atoms with Crippen molar-refractivity contribution in [2.75, 3.05) is 6.61 Å². The summed E-state index contributed by atoms with van der Waals surface area (Å²) in [6.07, 6.45) is 0.660. The fourth-order valence-electron chi connectivity index (χ4n) is 2.54. The van der Waals surface area contributed by atoms with E-state index in [0.29, 0.717) is 18.5 Å². The molecule has 0 saturated heterocycles. The third-order valence-electron chi connectivity index (χ3n) is 4.07. The second-order valence-electron chi connectivity index (χ2n) is 5.39. The Labute approximate surface area is 134 Å². The number of aromatic hydroxyl groups is 1. The molecule has 122 valence electrons. The molecule has 6 heteroatoms. The zero-order valence-electron chi connectivity index (χ0n) is 12.9. The van der Waals surface area contributed by atoms with Gasteiger partial charge in [0.15, 0.2) is 5.75 Å². The third-order valence-corrected chi connectivity index (χ3v) is 4.07. The smallest absolute Gasteiger partial charge is 0.311 e. The zero-order valence-corrected chi connectivity index (χ0v) is 12.9. The topological polar surface area (TPSA) is 95.6 Å². The Morgan fingerprint density at radius 2 is 1.91 bits per heavy atom. The van der Waals surface area contributed by atoms with Crippen molar-refractivity contribution in [3.8, 4) is 5.75 Å². The highest BCUT2D eigenvalue weighted by atomic mass is 16.6. The number of benzene rings is 2. The van der Waals surface area contributed by atoms with Gasteiger partial charge in [0.2, 0.25) is 0 Å². The molecule has 2 aromatic rings. The first kappa shape index (κ1) is 16.9. The van der Waals surface area contributed by atoms with Gasteiger partial charge in [-0.3, -0.25) is 10.1 Å². The summed E-state index contributed by atoms with van der Waals surface area (Å²) in [7, 11) is 0. The SMILES string of the molecule is CC[C@](CO)(NCc1ccc(O)c([N+](=O)[O-])c1)c1ccccc1. The van der Waals surface area contributed by atoms with Gasteiger partial charge in [0, 0.05) is 12.6 Å². The molecule has 3 N–H and O–H groups in total. The van der Waals surface area contributed by atoms with Crippen molar-refractivity contribution in [3.05, 3.63) is 69.8 Å². The first-order chi connectivity index (χ1) is 11.0. The number of nitro groups is 1. The number of phenols is 1. The maximum atomic E-state index is 10.9. The molecule has 0 amide bonds. The standard InChI is InChI=1S/C17H20N2O4/c1-2-17(12-20,14-6-4-3-5-7-14)18-11-13-8-9-16(21)15(10-13)19(22)23/h3-10,18,20-21H,2,11-12H2,1H3/t17-/m1/s1. The summed E-state index contributed by atoms with van der Waals surface area (Å²) in [5.41, 5.74) is 0.679. The number of hydrogen-bond acceptors (Lipinski definition) is 5. The molecule has 0 aliphatic rings. The fraction of sp³-hybridized carbons (Fsp3) is 0.294. The number of aliphatic hydroxyl groups excluding tert-OH is 1. The fourth-order valence-corrected chi connectivity index (χ4v) is 2.54. The minimum atomic E-state index is -0.617. The predicted octanol–water partition coefficient (Wildman–Crippen LogP) is 2.69. The number of aliphatic hydroxyl groups is 1. The number of nitro benzene ring substituents is 1. The quantitative estimate of drug-likeness (QED) is 0.539. The molecular formula is C17H20N2O4. The first-order valence-corrected chi connectivity index (χ1v) is 7.40. The molecule has 0 fully saturated rings. The molecule has 23 heavy (non-hydrogen) atoms. The van der Waals surface area contributed by atoms with Crippen molar-refractivity contribution in [1.29, 1.82) is 0 Å². The van der Waals surface area contributed by atoms with Crippen molar-refractivity contribution in [2.45, 2.75) is 25.4 Å². The Hall–Kier alpha value is -2.44. The largest absolute Gasteiger partial charge is 0.502 e. The lowest BCUT2D eigenvalue weighted by Gasteiger charge is -2.33. The summed E-state index contributed by atoms with van der Waals surface area (Å²) >= 11 is 0. The Morgan fingerprint density at radius 3 is 2.48 bits per heavy atom. The Kier molecular flexibility index (Phi) is 5.31. The van der Waals surface area contributed by atoms with Crippen LogP contribution in [0.25, 0.3) is 0 Å². The molecule has 2 rings (SSSR count). The molecular weight excluding hydrogens is 296 g/mol. The minimum absolute atomic E-state index is 0.0896. The molecule has 6 nitrogen and oxygen atoms in total. The van der Waals surface area contributed by atoms with Crippen molar-refractivity contribution >= 4 is 5.69 Å². The maximum Gasteiger partial charge on any atom is 0.311 e. The van der Waals surface area contributed by atoms with Crippen LogP contribution >= 0.6 is 0 Å². The van der Waals surface area contributed by atoms with Crippen LogP contribution in [0.1, 0.15) is 24.5 Å². The summed E-state index contributed by atoms with van der Waals surface area (Å²) < 4.78 is 0. The van der Waals surface area contributed by atoms with E-state index in [1.807, 2.05) is 37.3 Å². The number of rotatable bonds is 7. The maximum absolute atomic E-state index is 10.9. The van der Waals surface area contributed by atoms with Gasteiger partial charge in [0.25, 0.3) is 0 Å². The van der Waals surface area contributed by atoms with Crippen molar-refractivity contribution < 1.29 is 15.1 Å². The van der Waals surface area contributed by atoms with Gasteiger partial charge in [-0.25, -0.2) is 0 Å². The molecule has 0 bridgehead atoms. The molecule has 2 aromatic carbocycles. The molecule has 1 atom stereocenters. The number of phenolic OH excluding ortho intramolecular Hbond substituents is 1. The molecule has 0 aliphatic heterocycles. The first-order valence-electron chi connectivity index (χ1n) is 7.40. The summed E-state index contributed by atoms with van der Waals surface area (Å²) in [6, 6.07) is 13.9. The van der Waals surface area contributed by atoms with Gasteiger partial charge in [-0.15, -0.1) is 0 Å². The highest BCUT2D eigenvalue weighted by molar-refractivity contribution is 5.47. The Balaban J connectivity index is 2.23. The van der Waals surface area contributed by atoms with E-state index in [9.17, 15) is 20.3 Å². The van der Waals surface area contributed by atoms with E-state index in [1.165, 1.54) is 12.1 Å². The molecule has 0 radical (unpaired) electrons. The average molecular weight is 316 g/mol. The zero-order chi connectivity index (χ0) is 16.9. The third kappa shape index (κ3) is 3.67. The summed E-state index contributed by atoms with van der Waals surface area (Å²) in [5.74, 6) is -0.356. The van der Waals surface area contributed by atoms with E-state index in [4.69, 9.17) is 0 Å².